The number of benzene rings is 1. The highest BCUT2D eigenvalue weighted by Gasteiger charge is 2.14. The monoisotopic (exact) mass is 278 g/mol. The molecule has 0 bridgehead atoms. The molecular weight excluding hydrogens is 264 g/mol. The largest absolute Gasteiger partial charge is 0.457 e. The van der Waals surface area contributed by atoms with Crippen LogP contribution in [0, 0.1) is 0 Å². The summed E-state index contributed by atoms with van der Waals surface area (Å²) in [6, 6.07) is 9.39. The molecule has 0 fully saturated rings. The fourth-order valence-corrected chi connectivity index (χ4v) is 1.97. The van der Waals surface area contributed by atoms with Crippen molar-refractivity contribution in [1.82, 2.24) is 20.2 Å². The van der Waals surface area contributed by atoms with Crippen molar-refractivity contribution in [3.63, 3.8) is 0 Å². The van der Waals surface area contributed by atoms with Crippen LogP contribution in [0.25, 0.3) is 5.69 Å². The molecular formula is C12H14N4O2S. The molecule has 7 heteroatoms. The first kappa shape index (κ1) is 13.5. The number of carbonyl (C=O) groups excluding carboxylic acids is 1. The van der Waals surface area contributed by atoms with Crippen LogP contribution in [-0.2, 0) is 4.74 Å². The summed E-state index contributed by atoms with van der Waals surface area (Å²) in [4.78, 5) is 11.6. The van der Waals surface area contributed by atoms with Gasteiger partial charge in [-0.1, -0.05) is 31.5 Å². The Morgan fingerprint density at radius 3 is 2.89 bits per heavy atom. The van der Waals surface area contributed by atoms with Crippen LogP contribution in [0.1, 0.15) is 19.8 Å². The maximum atomic E-state index is 11.6. The van der Waals surface area contributed by atoms with E-state index in [1.165, 1.54) is 4.68 Å². The van der Waals surface area contributed by atoms with E-state index in [0.29, 0.717) is 11.8 Å². The van der Waals surface area contributed by atoms with Gasteiger partial charge in [0.15, 0.2) is 0 Å². The van der Waals surface area contributed by atoms with Crippen molar-refractivity contribution in [2.45, 2.75) is 24.9 Å². The van der Waals surface area contributed by atoms with Crippen molar-refractivity contribution in [2.24, 2.45) is 0 Å². The van der Waals surface area contributed by atoms with Crippen LogP contribution in [0.3, 0.4) is 0 Å². The molecule has 1 heterocycles. The van der Waals surface area contributed by atoms with E-state index in [4.69, 9.17) is 4.74 Å². The first-order chi connectivity index (χ1) is 9.31. The molecule has 0 aliphatic heterocycles. The van der Waals surface area contributed by atoms with Crippen LogP contribution in [0.4, 0.5) is 4.79 Å². The molecule has 0 saturated carbocycles. The lowest BCUT2D eigenvalue weighted by Gasteiger charge is -2.04. The van der Waals surface area contributed by atoms with Crippen molar-refractivity contribution >= 4 is 17.1 Å². The van der Waals surface area contributed by atoms with Crippen LogP contribution < -0.4 is 0 Å². The first-order valence-electron chi connectivity index (χ1n) is 5.99. The molecule has 0 radical (unpaired) electrons. The maximum Gasteiger partial charge on any atom is 0.375 e. The summed E-state index contributed by atoms with van der Waals surface area (Å²) in [5.74, 6) is 0. The van der Waals surface area contributed by atoms with E-state index in [0.717, 1.165) is 30.3 Å². The van der Waals surface area contributed by atoms with Gasteiger partial charge < -0.3 is 4.74 Å². The number of hydrogen-bond acceptors (Lipinski definition) is 6. The van der Waals surface area contributed by atoms with Crippen LogP contribution in [0.2, 0.25) is 0 Å². The van der Waals surface area contributed by atoms with E-state index in [1.807, 2.05) is 37.3 Å². The van der Waals surface area contributed by atoms with Gasteiger partial charge in [0.2, 0.25) is 5.16 Å². The summed E-state index contributed by atoms with van der Waals surface area (Å²) < 4.78 is 6.57. The van der Waals surface area contributed by atoms with E-state index in [-0.39, 0.29) is 5.30 Å². The zero-order chi connectivity index (χ0) is 13.5. The lowest BCUT2D eigenvalue weighted by Crippen LogP contribution is -2.03. The van der Waals surface area contributed by atoms with Crippen LogP contribution in [-0.4, -0.2) is 32.1 Å². The van der Waals surface area contributed by atoms with Gasteiger partial charge in [-0.2, -0.15) is 4.68 Å². The predicted molar refractivity (Wildman–Crippen MR) is 71.3 cm³/mol. The Labute approximate surface area is 115 Å². The van der Waals surface area contributed by atoms with Gasteiger partial charge in [0, 0.05) is 11.8 Å². The Hall–Kier alpha value is -1.89. The third kappa shape index (κ3) is 3.78. The maximum absolute atomic E-state index is 11.6. The summed E-state index contributed by atoms with van der Waals surface area (Å²) in [5.41, 5.74) is 0.802. The van der Waals surface area contributed by atoms with E-state index >= 15 is 0 Å². The van der Waals surface area contributed by atoms with Gasteiger partial charge in [0.1, 0.15) is 0 Å². The predicted octanol–water partition coefficient (Wildman–Crippen LogP) is 2.69. The summed E-state index contributed by atoms with van der Waals surface area (Å²) >= 11 is 0.888. The molecule has 19 heavy (non-hydrogen) atoms. The number of hydrogen-bond donors (Lipinski definition) is 0. The minimum absolute atomic E-state index is 0.388. The van der Waals surface area contributed by atoms with Gasteiger partial charge in [-0.05, 0) is 29.0 Å². The average molecular weight is 278 g/mol. The normalized spacial score (nSPS) is 10.4. The van der Waals surface area contributed by atoms with Gasteiger partial charge >= 0.3 is 5.30 Å². The zero-order valence-corrected chi connectivity index (χ0v) is 11.3. The second-order valence-corrected chi connectivity index (χ2v) is 4.67. The minimum Gasteiger partial charge on any atom is -0.457 e. The number of thioether (sulfide) groups is 1. The number of para-hydroxylation sites is 1. The highest BCUT2D eigenvalue weighted by atomic mass is 32.2. The van der Waals surface area contributed by atoms with E-state index < -0.39 is 0 Å². The summed E-state index contributed by atoms with van der Waals surface area (Å²) in [5, 5.41) is 11.3. The van der Waals surface area contributed by atoms with Gasteiger partial charge in [-0.25, -0.2) is 4.79 Å². The molecule has 0 unspecified atom stereocenters. The Morgan fingerprint density at radius 1 is 1.37 bits per heavy atom. The van der Waals surface area contributed by atoms with Gasteiger partial charge in [0.25, 0.3) is 0 Å². The Morgan fingerprint density at radius 2 is 2.16 bits per heavy atom. The summed E-state index contributed by atoms with van der Waals surface area (Å²) in [6.45, 7) is 2.46. The molecule has 0 spiro atoms. The highest BCUT2D eigenvalue weighted by Crippen LogP contribution is 2.19. The first-order valence-corrected chi connectivity index (χ1v) is 6.81. The topological polar surface area (TPSA) is 69.9 Å². The lowest BCUT2D eigenvalue weighted by atomic mass is 10.3. The number of aromatic nitrogens is 4. The summed E-state index contributed by atoms with van der Waals surface area (Å²) in [7, 11) is 0. The number of ether oxygens (including phenoxy) is 1. The fraction of sp³-hybridized carbons (Fsp3) is 0.333. The molecule has 1 aromatic heterocycles. The van der Waals surface area contributed by atoms with Gasteiger partial charge in [-0.15, -0.1) is 5.10 Å². The van der Waals surface area contributed by atoms with Crippen LogP contribution in [0.5, 0.6) is 0 Å². The second-order valence-electron chi connectivity index (χ2n) is 3.76. The SMILES string of the molecule is CCCCOC(=O)Sc1nnnn1-c1ccccc1. The molecule has 0 N–H and O–H groups in total. The molecule has 6 nitrogen and oxygen atoms in total. The molecule has 1 aromatic carbocycles. The smallest absolute Gasteiger partial charge is 0.375 e. The number of nitrogens with zero attached hydrogens (tertiary/aromatic N) is 4. The molecule has 0 amide bonds. The molecule has 0 atom stereocenters. The van der Waals surface area contributed by atoms with Crippen molar-refractivity contribution in [3.05, 3.63) is 30.3 Å². The summed E-state index contributed by atoms with van der Waals surface area (Å²) in [6.07, 6.45) is 1.84. The van der Waals surface area contributed by atoms with E-state index in [2.05, 4.69) is 15.5 Å². The molecule has 0 aliphatic carbocycles. The lowest BCUT2D eigenvalue weighted by molar-refractivity contribution is 0.173. The standard InChI is InChI=1S/C12H14N4O2S/c1-2-3-9-18-12(17)19-11-13-14-15-16(11)10-7-5-4-6-8-10/h4-8H,2-3,9H2,1H3. The van der Waals surface area contributed by atoms with E-state index in [9.17, 15) is 4.79 Å². The fourth-order valence-electron chi connectivity index (χ4n) is 1.38. The number of unbranched alkanes of at least 4 members (excludes halogenated alkanes) is 1. The molecule has 2 aromatic rings. The Kier molecular flexibility index (Phi) is 4.91. The zero-order valence-electron chi connectivity index (χ0n) is 10.5. The quantitative estimate of drug-likeness (QED) is 0.476. The third-order valence-corrected chi connectivity index (χ3v) is 3.06. The third-order valence-electron chi connectivity index (χ3n) is 2.33. The Bertz CT molecular complexity index is 530. The minimum atomic E-state index is -0.388. The molecule has 2 rings (SSSR count). The highest BCUT2D eigenvalue weighted by molar-refractivity contribution is 8.13. The molecule has 0 saturated heterocycles. The van der Waals surface area contributed by atoms with Gasteiger partial charge in [0.05, 0.1) is 12.3 Å². The van der Waals surface area contributed by atoms with Crippen molar-refractivity contribution < 1.29 is 9.53 Å². The van der Waals surface area contributed by atoms with Gasteiger partial charge in [-0.3, -0.25) is 0 Å². The Balaban J connectivity index is 2.02. The van der Waals surface area contributed by atoms with Crippen LogP contribution >= 0.6 is 11.8 Å². The van der Waals surface area contributed by atoms with E-state index in [1.54, 1.807) is 0 Å². The number of rotatable bonds is 5. The van der Waals surface area contributed by atoms with Crippen molar-refractivity contribution in [3.8, 4) is 5.69 Å². The van der Waals surface area contributed by atoms with Crippen LogP contribution in [0.15, 0.2) is 35.5 Å². The average Bonchev–Trinajstić information content (AvgIpc) is 2.88. The molecule has 0 aliphatic rings. The number of carbonyl (C=O) groups is 1. The van der Waals surface area contributed by atoms with Crippen molar-refractivity contribution in [1.29, 1.82) is 0 Å². The second kappa shape index (κ2) is 6.89. The van der Waals surface area contributed by atoms with Crippen molar-refractivity contribution in [2.75, 3.05) is 6.61 Å². The number of tetrazole rings is 1. The molecule has 100 valence electrons.